The van der Waals surface area contributed by atoms with Crippen LogP contribution in [0.5, 0.6) is 0 Å². The standard InChI is InChI=1S/C11H22/c1-7-8-9-11(5,6)10(2,3)4/h8-9H,7H2,1-6H3. The van der Waals surface area contributed by atoms with E-state index in [1.807, 2.05) is 0 Å². The molecule has 0 N–H and O–H groups in total. The van der Waals surface area contributed by atoms with Crippen LogP contribution >= 0.6 is 0 Å². The lowest BCUT2D eigenvalue weighted by Crippen LogP contribution is -2.27. The Hall–Kier alpha value is -0.260. The van der Waals surface area contributed by atoms with E-state index < -0.39 is 0 Å². The first-order valence-corrected chi connectivity index (χ1v) is 4.49. The largest absolute Gasteiger partial charge is 0.0883 e. The van der Waals surface area contributed by atoms with Crippen molar-refractivity contribution in [3.63, 3.8) is 0 Å². The topological polar surface area (TPSA) is 0 Å². The van der Waals surface area contributed by atoms with Gasteiger partial charge in [0.25, 0.3) is 0 Å². The Morgan fingerprint density at radius 3 is 1.73 bits per heavy atom. The molecule has 66 valence electrons. The molecule has 0 aromatic heterocycles. The van der Waals surface area contributed by atoms with Crippen LogP contribution in [0.25, 0.3) is 0 Å². The highest BCUT2D eigenvalue weighted by molar-refractivity contribution is 5.00. The van der Waals surface area contributed by atoms with E-state index in [1.54, 1.807) is 0 Å². The van der Waals surface area contributed by atoms with Crippen LogP contribution < -0.4 is 0 Å². The Kier molecular flexibility index (Phi) is 3.34. The molecule has 0 saturated heterocycles. The predicted molar refractivity (Wildman–Crippen MR) is 52.7 cm³/mol. The zero-order valence-corrected chi connectivity index (χ0v) is 8.86. The fourth-order valence-corrected chi connectivity index (χ4v) is 0.662. The molecular formula is C11H22. The van der Waals surface area contributed by atoms with Crippen LogP contribution in [0.1, 0.15) is 48.0 Å². The summed E-state index contributed by atoms with van der Waals surface area (Å²) in [5.41, 5.74) is 0.668. The molecule has 0 amide bonds. The molecule has 11 heavy (non-hydrogen) atoms. The van der Waals surface area contributed by atoms with Crippen LogP contribution in [-0.2, 0) is 0 Å². The third kappa shape index (κ3) is 3.09. The van der Waals surface area contributed by atoms with Gasteiger partial charge in [-0.1, -0.05) is 53.7 Å². The van der Waals surface area contributed by atoms with Crippen LogP contribution in [0.15, 0.2) is 12.2 Å². The molecule has 0 atom stereocenters. The van der Waals surface area contributed by atoms with Gasteiger partial charge in [0.15, 0.2) is 0 Å². The summed E-state index contributed by atoms with van der Waals surface area (Å²) in [6.45, 7) is 13.6. The highest BCUT2D eigenvalue weighted by Crippen LogP contribution is 2.38. The van der Waals surface area contributed by atoms with Crippen LogP contribution in [0.3, 0.4) is 0 Å². The molecule has 0 aliphatic heterocycles. The lowest BCUT2D eigenvalue weighted by Gasteiger charge is -2.36. The van der Waals surface area contributed by atoms with Crippen LogP contribution in [0.2, 0.25) is 0 Å². The zero-order chi connectivity index (χ0) is 9.12. The maximum absolute atomic E-state index is 2.33. The van der Waals surface area contributed by atoms with E-state index in [-0.39, 0.29) is 0 Å². The summed E-state index contributed by atoms with van der Waals surface area (Å²) in [7, 11) is 0. The molecular weight excluding hydrogens is 132 g/mol. The third-order valence-electron chi connectivity index (χ3n) is 2.70. The minimum Gasteiger partial charge on any atom is -0.0883 e. The van der Waals surface area contributed by atoms with Crippen LogP contribution in [-0.4, -0.2) is 0 Å². The average molecular weight is 154 g/mol. The van der Waals surface area contributed by atoms with E-state index >= 15 is 0 Å². The maximum Gasteiger partial charge on any atom is -0.0126 e. The number of hydrogen-bond acceptors (Lipinski definition) is 0. The molecule has 0 aromatic rings. The minimum absolute atomic E-state index is 0.309. The van der Waals surface area contributed by atoms with Crippen molar-refractivity contribution in [3.8, 4) is 0 Å². The highest BCUT2D eigenvalue weighted by atomic mass is 14.3. The normalized spacial score (nSPS) is 14.4. The second kappa shape index (κ2) is 3.42. The Labute approximate surface area is 71.7 Å². The van der Waals surface area contributed by atoms with Gasteiger partial charge in [0.2, 0.25) is 0 Å². The van der Waals surface area contributed by atoms with Crippen LogP contribution in [0, 0.1) is 10.8 Å². The van der Waals surface area contributed by atoms with E-state index in [1.165, 1.54) is 0 Å². The van der Waals surface area contributed by atoms with Crippen molar-refractivity contribution in [2.24, 2.45) is 10.8 Å². The van der Waals surface area contributed by atoms with Gasteiger partial charge in [0, 0.05) is 0 Å². The van der Waals surface area contributed by atoms with Gasteiger partial charge in [0.05, 0.1) is 0 Å². The van der Waals surface area contributed by atoms with Gasteiger partial charge in [-0.15, -0.1) is 0 Å². The molecule has 0 fully saturated rings. The maximum atomic E-state index is 2.33. The lowest BCUT2D eigenvalue weighted by atomic mass is 9.69. The molecule has 0 unspecified atom stereocenters. The van der Waals surface area contributed by atoms with E-state index in [4.69, 9.17) is 0 Å². The van der Waals surface area contributed by atoms with Crippen LogP contribution in [0.4, 0.5) is 0 Å². The number of rotatable bonds is 2. The number of hydrogen-bond donors (Lipinski definition) is 0. The van der Waals surface area contributed by atoms with E-state index in [0.717, 1.165) is 6.42 Å². The third-order valence-corrected chi connectivity index (χ3v) is 2.70. The molecule has 0 rings (SSSR count). The van der Waals surface area contributed by atoms with Gasteiger partial charge in [-0.3, -0.25) is 0 Å². The average Bonchev–Trinajstić information content (AvgIpc) is 1.81. The van der Waals surface area contributed by atoms with Gasteiger partial charge in [-0.05, 0) is 17.3 Å². The number of allylic oxidation sites excluding steroid dienone is 2. The van der Waals surface area contributed by atoms with Crippen molar-refractivity contribution in [1.29, 1.82) is 0 Å². The smallest absolute Gasteiger partial charge is 0.0126 e. The summed E-state index contributed by atoms with van der Waals surface area (Å²) >= 11 is 0. The zero-order valence-electron chi connectivity index (χ0n) is 8.86. The van der Waals surface area contributed by atoms with Crippen molar-refractivity contribution in [3.05, 3.63) is 12.2 Å². The molecule has 0 aliphatic rings. The SMILES string of the molecule is CCC=CC(C)(C)C(C)(C)C. The van der Waals surface area contributed by atoms with Gasteiger partial charge in [-0.25, -0.2) is 0 Å². The van der Waals surface area contributed by atoms with Crippen molar-refractivity contribution in [2.75, 3.05) is 0 Å². The highest BCUT2D eigenvalue weighted by Gasteiger charge is 2.29. The van der Waals surface area contributed by atoms with E-state index in [2.05, 4.69) is 53.7 Å². The first-order valence-electron chi connectivity index (χ1n) is 4.49. The van der Waals surface area contributed by atoms with Gasteiger partial charge >= 0.3 is 0 Å². The molecule has 0 radical (unpaired) electrons. The second-order valence-electron chi connectivity index (χ2n) is 4.78. The first-order chi connectivity index (χ1) is 4.81. The molecule has 0 heteroatoms. The molecule has 0 spiro atoms. The fourth-order valence-electron chi connectivity index (χ4n) is 0.662. The Balaban J connectivity index is 4.34. The van der Waals surface area contributed by atoms with Crippen molar-refractivity contribution < 1.29 is 0 Å². The van der Waals surface area contributed by atoms with Gasteiger partial charge < -0.3 is 0 Å². The van der Waals surface area contributed by atoms with E-state index in [0.29, 0.717) is 10.8 Å². The van der Waals surface area contributed by atoms with Crippen molar-refractivity contribution >= 4 is 0 Å². The summed E-state index contributed by atoms with van der Waals surface area (Å²) in [6.07, 6.45) is 5.72. The molecule has 0 bridgehead atoms. The summed E-state index contributed by atoms with van der Waals surface area (Å²) in [5.74, 6) is 0. The van der Waals surface area contributed by atoms with Crippen molar-refractivity contribution in [1.82, 2.24) is 0 Å². The monoisotopic (exact) mass is 154 g/mol. The fraction of sp³-hybridized carbons (Fsp3) is 0.818. The van der Waals surface area contributed by atoms with E-state index in [9.17, 15) is 0 Å². The van der Waals surface area contributed by atoms with Gasteiger partial charge in [0.1, 0.15) is 0 Å². The quantitative estimate of drug-likeness (QED) is 0.527. The Bertz CT molecular complexity index is 133. The summed E-state index contributed by atoms with van der Waals surface area (Å²) in [6, 6.07) is 0. The molecule has 0 saturated carbocycles. The summed E-state index contributed by atoms with van der Waals surface area (Å²) in [5, 5.41) is 0. The summed E-state index contributed by atoms with van der Waals surface area (Å²) < 4.78 is 0. The summed E-state index contributed by atoms with van der Waals surface area (Å²) in [4.78, 5) is 0. The molecule has 0 aliphatic carbocycles. The second-order valence-corrected chi connectivity index (χ2v) is 4.78. The van der Waals surface area contributed by atoms with Crippen molar-refractivity contribution in [2.45, 2.75) is 48.0 Å². The Morgan fingerprint density at radius 2 is 1.45 bits per heavy atom. The minimum atomic E-state index is 0.309. The lowest BCUT2D eigenvalue weighted by molar-refractivity contribution is 0.192. The predicted octanol–water partition coefficient (Wildman–Crippen LogP) is 4.02. The molecule has 0 nitrogen and oxygen atoms in total. The first kappa shape index (κ1) is 10.7. The molecule has 0 heterocycles. The van der Waals surface area contributed by atoms with Gasteiger partial charge in [-0.2, -0.15) is 0 Å². The Morgan fingerprint density at radius 1 is 1.00 bits per heavy atom. The molecule has 0 aromatic carbocycles.